The molecule has 35 heavy (non-hydrogen) atoms. The Morgan fingerprint density at radius 1 is 1.14 bits per heavy atom. The molecule has 0 saturated carbocycles. The summed E-state index contributed by atoms with van der Waals surface area (Å²) in [5.41, 5.74) is 3.15. The molecule has 3 aromatic carbocycles. The molecule has 0 radical (unpaired) electrons. The number of thiazole rings is 1. The zero-order valence-corrected chi connectivity index (χ0v) is 20.2. The van der Waals surface area contributed by atoms with Crippen molar-refractivity contribution in [1.29, 1.82) is 0 Å². The highest BCUT2D eigenvalue weighted by atomic mass is 32.2. The van der Waals surface area contributed by atoms with Crippen molar-refractivity contribution in [2.75, 3.05) is 5.75 Å². The van der Waals surface area contributed by atoms with Crippen LogP contribution < -0.4 is 9.61 Å². The number of hydrazone groups is 1. The number of benzene rings is 3. The molecule has 178 valence electrons. The number of carbonyl (C=O) groups is 1. The third-order valence-corrected chi connectivity index (χ3v) is 7.84. The molecule has 0 unspecified atom stereocenters. The van der Waals surface area contributed by atoms with Crippen LogP contribution >= 0.6 is 23.1 Å². The van der Waals surface area contributed by atoms with E-state index in [1.165, 1.54) is 53.6 Å². The molecule has 4 rings (SSSR count). The highest BCUT2D eigenvalue weighted by molar-refractivity contribution is 8.01. The van der Waals surface area contributed by atoms with Crippen LogP contribution in [0.25, 0.3) is 10.2 Å². The molecule has 10 nitrogen and oxygen atoms in total. The second kappa shape index (κ2) is 10.6. The Balaban J connectivity index is 1.39. The number of hydrogen-bond donors (Lipinski definition) is 1. The van der Waals surface area contributed by atoms with Crippen molar-refractivity contribution < 1.29 is 22.3 Å². The van der Waals surface area contributed by atoms with E-state index in [0.29, 0.717) is 0 Å². The SMILES string of the molecule is O=C(CSc1nc2ccccc2s1)N/N=C\c1ccccc1OS(=O)(=O)c1cccc([N+](=O)[O-])c1. The molecule has 1 N–H and O–H groups in total. The molecule has 1 heterocycles. The van der Waals surface area contributed by atoms with Gasteiger partial charge in [-0.05, 0) is 30.3 Å². The number of amides is 1. The van der Waals surface area contributed by atoms with Crippen molar-refractivity contribution in [3.05, 3.63) is 88.5 Å². The maximum atomic E-state index is 12.6. The fraction of sp³-hybridized carbons (Fsp3) is 0.0455. The summed E-state index contributed by atoms with van der Waals surface area (Å²) < 4.78 is 32.2. The number of aromatic nitrogens is 1. The topological polar surface area (TPSA) is 141 Å². The maximum Gasteiger partial charge on any atom is 0.339 e. The smallest absolute Gasteiger partial charge is 0.339 e. The minimum atomic E-state index is -4.35. The summed E-state index contributed by atoms with van der Waals surface area (Å²) in [6.07, 6.45) is 1.25. The molecule has 0 fully saturated rings. The average molecular weight is 529 g/mol. The highest BCUT2D eigenvalue weighted by Crippen LogP contribution is 2.29. The summed E-state index contributed by atoms with van der Waals surface area (Å²) in [6, 6.07) is 18.4. The van der Waals surface area contributed by atoms with Gasteiger partial charge in [0.25, 0.3) is 11.6 Å². The Kier molecular flexibility index (Phi) is 7.39. The molecule has 0 spiro atoms. The number of nitrogens with one attached hydrogen (secondary N) is 1. The Morgan fingerprint density at radius 3 is 2.71 bits per heavy atom. The van der Waals surface area contributed by atoms with Gasteiger partial charge in [0.05, 0.1) is 27.1 Å². The molecular weight excluding hydrogens is 512 g/mol. The van der Waals surface area contributed by atoms with Gasteiger partial charge in [-0.3, -0.25) is 14.9 Å². The van der Waals surface area contributed by atoms with E-state index < -0.39 is 15.0 Å². The van der Waals surface area contributed by atoms with Crippen molar-refractivity contribution in [1.82, 2.24) is 10.4 Å². The zero-order chi connectivity index (χ0) is 24.8. The van der Waals surface area contributed by atoms with Crippen LogP contribution in [0.5, 0.6) is 5.75 Å². The molecule has 0 bridgehead atoms. The molecule has 1 amide bonds. The minimum absolute atomic E-state index is 0.0548. The molecular formula is C22H16N4O6S3. The average Bonchev–Trinajstić information content (AvgIpc) is 3.27. The van der Waals surface area contributed by atoms with E-state index in [1.807, 2.05) is 24.3 Å². The Bertz CT molecular complexity index is 1500. The summed E-state index contributed by atoms with van der Waals surface area (Å²) in [6.45, 7) is 0. The number of fused-ring (bicyclic) bond motifs is 1. The molecule has 4 aromatic rings. The summed E-state index contributed by atoms with van der Waals surface area (Å²) >= 11 is 2.77. The lowest BCUT2D eigenvalue weighted by Crippen LogP contribution is -2.19. The van der Waals surface area contributed by atoms with Gasteiger partial charge >= 0.3 is 10.1 Å². The van der Waals surface area contributed by atoms with Gasteiger partial charge in [-0.2, -0.15) is 13.5 Å². The van der Waals surface area contributed by atoms with Crippen molar-refractivity contribution in [2.45, 2.75) is 9.24 Å². The van der Waals surface area contributed by atoms with E-state index >= 15 is 0 Å². The first kappa shape index (κ1) is 24.3. The number of hydrogen-bond acceptors (Lipinski definition) is 10. The fourth-order valence-corrected chi connectivity index (χ4v) is 5.68. The highest BCUT2D eigenvalue weighted by Gasteiger charge is 2.21. The molecule has 0 aliphatic carbocycles. The lowest BCUT2D eigenvalue weighted by molar-refractivity contribution is -0.385. The lowest BCUT2D eigenvalue weighted by Gasteiger charge is -2.09. The van der Waals surface area contributed by atoms with Gasteiger partial charge in [-0.15, -0.1) is 11.3 Å². The predicted octanol–water partition coefficient (Wildman–Crippen LogP) is 4.21. The zero-order valence-electron chi connectivity index (χ0n) is 17.7. The Hall–Kier alpha value is -3.81. The summed E-state index contributed by atoms with van der Waals surface area (Å²) in [5, 5.41) is 14.8. The van der Waals surface area contributed by atoms with Crippen molar-refractivity contribution in [2.24, 2.45) is 5.10 Å². The van der Waals surface area contributed by atoms with Crippen LogP contribution in [0, 0.1) is 10.1 Å². The minimum Gasteiger partial charge on any atom is -0.378 e. The predicted molar refractivity (Wildman–Crippen MR) is 133 cm³/mol. The monoisotopic (exact) mass is 528 g/mol. The van der Waals surface area contributed by atoms with Crippen molar-refractivity contribution >= 4 is 61.2 Å². The summed E-state index contributed by atoms with van der Waals surface area (Å²) in [4.78, 5) is 26.5. The van der Waals surface area contributed by atoms with Gasteiger partial charge in [0.2, 0.25) is 0 Å². The van der Waals surface area contributed by atoms with Gasteiger partial charge in [0, 0.05) is 17.7 Å². The van der Waals surface area contributed by atoms with Crippen LogP contribution in [0.1, 0.15) is 5.56 Å². The van der Waals surface area contributed by atoms with Crippen molar-refractivity contribution in [3.63, 3.8) is 0 Å². The van der Waals surface area contributed by atoms with E-state index in [2.05, 4.69) is 15.5 Å². The Labute approximate surface area is 207 Å². The van der Waals surface area contributed by atoms with Gasteiger partial charge in [0.15, 0.2) is 10.1 Å². The second-order valence-electron chi connectivity index (χ2n) is 6.86. The maximum absolute atomic E-state index is 12.6. The lowest BCUT2D eigenvalue weighted by atomic mass is 10.2. The van der Waals surface area contributed by atoms with Gasteiger partial charge in [-0.25, -0.2) is 10.4 Å². The van der Waals surface area contributed by atoms with E-state index in [1.54, 1.807) is 18.2 Å². The first-order valence-corrected chi connectivity index (χ1v) is 13.1. The first-order valence-electron chi connectivity index (χ1n) is 9.90. The van der Waals surface area contributed by atoms with Crippen molar-refractivity contribution in [3.8, 4) is 5.75 Å². The standard InChI is InChI=1S/C22H16N4O6S3/c27-21(14-33-22-24-18-9-2-4-11-20(18)34-22)25-23-13-15-6-1-3-10-19(15)32-35(30,31)17-8-5-7-16(12-17)26(28)29/h1-13H,14H2,(H,25,27)/b23-13-. The number of nitro benzene ring substituents is 1. The van der Waals surface area contributed by atoms with Gasteiger partial charge in [-0.1, -0.05) is 42.1 Å². The van der Waals surface area contributed by atoms with E-state index in [4.69, 9.17) is 4.18 Å². The molecule has 0 saturated heterocycles. The van der Waals surface area contributed by atoms with Crippen LogP contribution in [0.3, 0.4) is 0 Å². The number of thioether (sulfide) groups is 1. The van der Waals surface area contributed by atoms with Crippen LogP contribution in [-0.4, -0.2) is 36.2 Å². The molecule has 0 aliphatic heterocycles. The quantitative estimate of drug-likeness (QED) is 0.112. The second-order valence-corrected chi connectivity index (χ2v) is 10.7. The van der Waals surface area contributed by atoms with Crippen LogP contribution in [-0.2, 0) is 14.9 Å². The van der Waals surface area contributed by atoms with Crippen LogP contribution in [0.2, 0.25) is 0 Å². The Morgan fingerprint density at radius 2 is 1.91 bits per heavy atom. The number of rotatable bonds is 9. The number of carbonyl (C=O) groups excluding carboxylic acids is 1. The first-order chi connectivity index (χ1) is 16.8. The van der Waals surface area contributed by atoms with Gasteiger partial charge in [0.1, 0.15) is 4.90 Å². The molecule has 1 aromatic heterocycles. The fourth-order valence-electron chi connectivity index (χ4n) is 2.83. The normalized spacial score (nSPS) is 11.5. The van der Waals surface area contributed by atoms with Crippen LogP contribution in [0.15, 0.2) is 87.1 Å². The third kappa shape index (κ3) is 6.20. The molecule has 0 atom stereocenters. The number of nitro groups is 1. The van der Waals surface area contributed by atoms with E-state index in [-0.39, 0.29) is 33.6 Å². The van der Waals surface area contributed by atoms with E-state index in [9.17, 15) is 23.3 Å². The summed E-state index contributed by atoms with van der Waals surface area (Å²) in [7, 11) is -4.35. The number of non-ortho nitro benzene ring substituents is 1. The number of nitrogens with zero attached hydrogens (tertiary/aromatic N) is 3. The summed E-state index contributed by atoms with van der Waals surface area (Å²) in [5.74, 6) is -0.329. The number of para-hydroxylation sites is 2. The van der Waals surface area contributed by atoms with Crippen LogP contribution in [0.4, 0.5) is 5.69 Å². The molecule has 13 heteroatoms. The molecule has 0 aliphatic rings. The largest absolute Gasteiger partial charge is 0.378 e. The third-order valence-electron chi connectivity index (χ3n) is 4.43. The van der Waals surface area contributed by atoms with Gasteiger partial charge < -0.3 is 4.18 Å². The van der Waals surface area contributed by atoms with E-state index in [0.717, 1.165) is 20.6 Å².